The minimum Gasteiger partial charge on any atom is -0.508 e. The number of aryl methyl sites for hydroxylation is 1. The molecule has 1 aliphatic heterocycles. The summed E-state index contributed by atoms with van der Waals surface area (Å²) in [7, 11) is 0. The first kappa shape index (κ1) is 17.4. The maximum absolute atomic E-state index is 11.6. The third-order valence-corrected chi connectivity index (χ3v) is 3.37. The summed E-state index contributed by atoms with van der Waals surface area (Å²) in [5.74, 6) is -3.95. The van der Waals surface area contributed by atoms with Crippen molar-refractivity contribution in [1.29, 1.82) is 0 Å². The molecule has 0 amide bonds. The van der Waals surface area contributed by atoms with Crippen molar-refractivity contribution >= 4 is 11.9 Å². The third-order valence-electron chi connectivity index (χ3n) is 3.37. The molecule has 130 valence electrons. The van der Waals surface area contributed by atoms with Crippen molar-refractivity contribution in [2.75, 3.05) is 6.61 Å². The molecule has 0 aromatic heterocycles. The summed E-state index contributed by atoms with van der Waals surface area (Å²) in [5.41, 5.74) is 0.431. The van der Waals surface area contributed by atoms with Crippen LogP contribution in [0.4, 0.5) is 0 Å². The summed E-state index contributed by atoms with van der Waals surface area (Å²) in [4.78, 5) is 22.6. The fraction of sp³-hybridized carbons (Fsp3) is 0.333. The Bertz CT molecular complexity index is 680. The van der Waals surface area contributed by atoms with Crippen LogP contribution in [0.1, 0.15) is 12.0 Å². The second-order valence-corrected chi connectivity index (χ2v) is 5.12. The van der Waals surface area contributed by atoms with Crippen LogP contribution in [0.25, 0.3) is 0 Å². The Labute approximate surface area is 136 Å². The molecule has 0 fully saturated rings. The number of esters is 2. The van der Waals surface area contributed by atoms with Crippen LogP contribution in [-0.4, -0.2) is 56.3 Å². The molecule has 9 heteroatoms. The van der Waals surface area contributed by atoms with E-state index in [0.29, 0.717) is 5.56 Å². The van der Waals surface area contributed by atoms with Gasteiger partial charge in [0.1, 0.15) is 24.2 Å². The predicted octanol–water partition coefficient (Wildman–Crippen LogP) is 0.187. The summed E-state index contributed by atoms with van der Waals surface area (Å²) in [5, 5.41) is 47.0. The summed E-state index contributed by atoms with van der Waals surface area (Å²) in [6, 6.07) is 3.96. The largest absolute Gasteiger partial charge is 0.508 e. The highest BCUT2D eigenvalue weighted by Gasteiger charge is 2.39. The molecule has 0 unspecified atom stereocenters. The Balaban J connectivity index is 1.80. The van der Waals surface area contributed by atoms with Gasteiger partial charge in [0, 0.05) is 12.5 Å². The second-order valence-electron chi connectivity index (χ2n) is 5.12. The zero-order chi connectivity index (χ0) is 17.9. The van der Waals surface area contributed by atoms with Crippen molar-refractivity contribution < 1.29 is 44.6 Å². The summed E-state index contributed by atoms with van der Waals surface area (Å²) in [6.45, 7) is -0.560. The molecule has 0 spiro atoms. The van der Waals surface area contributed by atoms with Gasteiger partial charge in [-0.25, -0.2) is 4.79 Å². The third kappa shape index (κ3) is 3.87. The summed E-state index contributed by atoms with van der Waals surface area (Å²) >= 11 is 0. The fourth-order valence-electron chi connectivity index (χ4n) is 2.07. The van der Waals surface area contributed by atoms with Gasteiger partial charge in [0.15, 0.2) is 11.9 Å². The number of aliphatic hydroxyl groups excluding tert-OH is 3. The lowest BCUT2D eigenvalue weighted by atomic mass is 10.1. The quantitative estimate of drug-likeness (QED) is 0.456. The number of ether oxygens (including phenoxy) is 2. The summed E-state index contributed by atoms with van der Waals surface area (Å²) in [6.07, 6.45) is -3.00. The van der Waals surface area contributed by atoms with Crippen LogP contribution in [-0.2, 0) is 25.5 Å². The molecular formula is C15H16O9. The highest BCUT2D eigenvalue weighted by atomic mass is 16.6. The Morgan fingerprint density at radius 1 is 1.25 bits per heavy atom. The van der Waals surface area contributed by atoms with Crippen LogP contribution >= 0.6 is 0 Å². The van der Waals surface area contributed by atoms with Crippen LogP contribution in [0.3, 0.4) is 0 Å². The van der Waals surface area contributed by atoms with Crippen LogP contribution in [0.5, 0.6) is 11.5 Å². The Morgan fingerprint density at radius 2 is 1.96 bits per heavy atom. The van der Waals surface area contributed by atoms with E-state index in [2.05, 4.69) is 4.74 Å². The predicted molar refractivity (Wildman–Crippen MR) is 77.2 cm³/mol. The van der Waals surface area contributed by atoms with Gasteiger partial charge in [-0.05, 0) is 18.1 Å². The molecular weight excluding hydrogens is 324 g/mol. The molecule has 0 radical (unpaired) electrons. The molecule has 1 aliphatic rings. The number of phenolic OH excluding ortho intramolecular Hbond substituents is 2. The van der Waals surface area contributed by atoms with Crippen molar-refractivity contribution in [3.63, 3.8) is 0 Å². The molecule has 0 saturated carbocycles. The van der Waals surface area contributed by atoms with E-state index in [1.165, 1.54) is 12.1 Å². The highest BCUT2D eigenvalue weighted by molar-refractivity contribution is 5.89. The molecule has 24 heavy (non-hydrogen) atoms. The molecule has 2 atom stereocenters. The average molecular weight is 340 g/mol. The van der Waals surface area contributed by atoms with E-state index in [4.69, 9.17) is 14.9 Å². The molecule has 1 aromatic rings. The van der Waals surface area contributed by atoms with E-state index in [9.17, 15) is 24.9 Å². The number of carbonyl (C=O) groups excluding carboxylic acids is 2. The van der Waals surface area contributed by atoms with Crippen LogP contribution < -0.4 is 0 Å². The number of hydrogen-bond donors (Lipinski definition) is 5. The molecule has 0 bridgehead atoms. The maximum Gasteiger partial charge on any atom is 0.377 e. The van der Waals surface area contributed by atoms with Gasteiger partial charge in [0.2, 0.25) is 5.76 Å². The molecule has 0 saturated heterocycles. The van der Waals surface area contributed by atoms with Crippen molar-refractivity contribution in [2.24, 2.45) is 0 Å². The molecule has 9 nitrogen and oxygen atoms in total. The van der Waals surface area contributed by atoms with Crippen molar-refractivity contribution in [3.05, 3.63) is 35.3 Å². The van der Waals surface area contributed by atoms with Crippen LogP contribution in [0, 0.1) is 0 Å². The minimum absolute atomic E-state index is 0.107. The minimum atomic E-state index is -1.54. The standard InChI is InChI=1S/C15H16O9/c16-8-3-1-7(9(17)5-8)2-4-11(19)23-6-10(18)14-12(20)13(21)15(22)24-14/h1,3,5,10,14,16-18,20-21H,2,4,6H2/t10-,14+/m0/s1. The van der Waals surface area contributed by atoms with Crippen LogP contribution in [0.15, 0.2) is 29.7 Å². The lowest BCUT2D eigenvalue weighted by Crippen LogP contribution is -2.33. The fourth-order valence-corrected chi connectivity index (χ4v) is 2.07. The number of carbonyl (C=O) groups is 2. The Kier molecular flexibility index (Phi) is 5.14. The van der Waals surface area contributed by atoms with Gasteiger partial charge in [-0.1, -0.05) is 6.07 Å². The smallest absolute Gasteiger partial charge is 0.377 e. The normalized spacial score (nSPS) is 18.4. The van der Waals surface area contributed by atoms with Gasteiger partial charge < -0.3 is 35.0 Å². The van der Waals surface area contributed by atoms with E-state index in [1.807, 2.05) is 0 Å². The summed E-state index contributed by atoms with van der Waals surface area (Å²) < 4.78 is 9.32. The van der Waals surface area contributed by atoms with Gasteiger partial charge in [-0.2, -0.15) is 0 Å². The first-order valence-corrected chi connectivity index (χ1v) is 6.97. The van der Waals surface area contributed by atoms with E-state index in [-0.39, 0.29) is 24.3 Å². The van der Waals surface area contributed by atoms with E-state index in [0.717, 1.165) is 6.07 Å². The number of hydrogen-bond acceptors (Lipinski definition) is 9. The van der Waals surface area contributed by atoms with Crippen LogP contribution in [0.2, 0.25) is 0 Å². The number of benzene rings is 1. The second kappa shape index (κ2) is 7.09. The molecule has 1 heterocycles. The number of rotatable bonds is 6. The van der Waals surface area contributed by atoms with E-state index < -0.39 is 42.3 Å². The Morgan fingerprint density at radius 3 is 2.54 bits per heavy atom. The lowest BCUT2D eigenvalue weighted by molar-refractivity contribution is -0.154. The topological polar surface area (TPSA) is 154 Å². The van der Waals surface area contributed by atoms with Gasteiger partial charge in [0.05, 0.1) is 0 Å². The van der Waals surface area contributed by atoms with Crippen molar-refractivity contribution in [3.8, 4) is 11.5 Å². The highest BCUT2D eigenvalue weighted by Crippen LogP contribution is 2.24. The van der Waals surface area contributed by atoms with Gasteiger partial charge in [-0.3, -0.25) is 4.79 Å². The van der Waals surface area contributed by atoms with E-state index >= 15 is 0 Å². The molecule has 1 aromatic carbocycles. The lowest BCUT2D eigenvalue weighted by Gasteiger charge is -2.17. The Hall–Kier alpha value is -2.94. The first-order valence-electron chi connectivity index (χ1n) is 6.97. The van der Waals surface area contributed by atoms with Gasteiger partial charge in [0.25, 0.3) is 0 Å². The number of cyclic esters (lactones) is 1. The monoisotopic (exact) mass is 340 g/mol. The zero-order valence-corrected chi connectivity index (χ0v) is 12.4. The van der Waals surface area contributed by atoms with E-state index in [1.54, 1.807) is 0 Å². The number of aromatic hydroxyl groups is 2. The SMILES string of the molecule is O=C(CCc1ccc(O)cc1O)OC[C@H](O)[C@H]1OC(=O)C(O)=C1O. The number of phenols is 2. The molecule has 2 rings (SSSR count). The van der Waals surface area contributed by atoms with Crippen molar-refractivity contribution in [2.45, 2.75) is 25.0 Å². The first-order chi connectivity index (χ1) is 11.3. The maximum atomic E-state index is 11.6. The molecule has 0 aliphatic carbocycles. The van der Waals surface area contributed by atoms with Crippen molar-refractivity contribution in [1.82, 2.24) is 0 Å². The molecule has 5 N–H and O–H groups in total. The zero-order valence-electron chi connectivity index (χ0n) is 12.4. The average Bonchev–Trinajstić information content (AvgIpc) is 2.79. The van der Waals surface area contributed by atoms with Gasteiger partial charge >= 0.3 is 11.9 Å². The number of aliphatic hydroxyl groups is 3. The van der Waals surface area contributed by atoms with Gasteiger partial charge in [-0.15, -0.1) is 0 Å².